The van der Waals surface area contributed by atoms with E-state index < -0.39 is 0 Å². The molecule has 2 nitrogen and oxygen atoms in total. The Kier molecular flexibility index (Phi) is 3.65. The molecule has 0 amide bonds. The fraction of sp³-hybridized carbons (Fsp3) is 0.231. The van der Waals surface area contributed by atoms with Gasteiger partial charge in [0.05, 0.1) is 6.26 Å². The molecule has 1 heterocycles. The number of hydrogen-bond donors (Lipinski definition) is 1. The van der Waals surface area contributed by atoms with E-state index in [0.29, 0.717) is 0 Å². The largest absolute Gasteiger partial charge is 0.469 e. The second-order valence-corrected chi connectivity index (χ2v) is 4.31. The summed E-state index contributed by atoms with van der Waals surface area (Å²) in [6.07, 6.45) is 3.22. The highest BCUT2D eigenvalue weighted by atomic mass is 35.5. The van der Waals surface area contributed by atoms with Crippen LogP contribution in [-0.4, -0.2) is 6.04 Å². The van der Waals surface area contributed by atoms with Crippen molar-refractivity contribution in [2.45, 2.75) is 18.9 Å². The van der Waals surface area contributed by atoms with Gasteiger partial charge in [-0.05, 0) is 36.2 Å². The van der Waals surface area contributed by atoms with Crippen molar-refractivity contribution in [1.82, 2.24) is 0 Å². The molecule has 1 atom stereocenters. The van der Waals surface area contributed by atoms with Crippen LogP contribution in [0.4, 0.5) is 0 Å². The highest BCUT2D eigenvalue weighted by Gasteiger charge is 2.07. The number of hydrogen-bond acceptors (Lipinski definition) is 2. The Balaban J connectivity index is 1.94. The summed E-state index contributed by atoms with van der Waals surface area (Å²) in [6.45, 7) is 0. The van der Waals surface area contributed by atoms with Gasteiger partial charge in [0, 0.05) is 17.5 Å². The molecule has 0 saturated carbocycles. The minimum absolute atomic E-state index is 0.0598. The summed E-state index contributed by atoms with van der Waals surface area (Å²) in [4.78, 5) is 0. The summed E-state index contributed by atoms with van der Waals surface area (Å²) in [5.74, 6) is 0.925. The molecule has 1 aromatic carbocycles. The van der Waals surface area contributed by atoms with Crippen LogP contribution in [0, 0.1) is 0 Å². The van der Waals surface area contributed by atoms with Crippen molar-refractivity contribution in [3.63, 3.8) is 0 Å². The molecule has 0 bridgehead atoms. The van der Waals surface area contributed by atoms with Crippen LogP contribution in [0.5, 0.6) is 0 Å². The SMILES string of the molecule is NC(Cc1cccc(Cl)c1)Cc1ccco1. The molecule has 0 saturated heterocycles. The van der Waals surface area contributed by atoms with Crippen LogP contribution in [0.3, 0.4) is 0 Å². The quantitative estimate of drug-likeness (QED) is 0.885. The fourth-order valence-corrected chi connectivity index (χ4v) is 1.94. The van der Waals surface area contributed by atoms with Gasteiger partial charge in [0.25, 0.3) is 0 Å². The van der Waals surface area contributed by atoms with E-state index in [4.69, 9.17) is 21.8 Å². The number of furan rings is 1. The third-order valence-corrected chi connectivity index (χ3v) is 2.67. The lowest BCUT2D eigenvalue weighted by Gasteiger charge is -2.10. The summed E-state index contributed by atoms with van der Waals surface area (Å²) >= 11 is 5.91. The average molecular weight is 236 g/mol. The molecule has 2 N–H and O–H groups in total. The van der Waals surface area contributed by atoms with Crippen LogP contribution in [0.2, 0.25) is 5.02 Å². The number of rotatable bonds is 4. The van der Waals surface area contributed by atoms with Crippen LogP contribution in [0.1, 0.15) is 11.3 Å². The molecule has 0 radical (unpaired) electrons. The minimum Gasteiger partial charge on any atom is -0.469 e. The van der Waals surface area contributed by atoms with Crippen molar-refractivity contribution < 1.29 is 4.42 Å². The van der Waals surface area contributed by atoms with Gasteiger partial charge in [0.1, 0.15) is 5.76 Å². The molecule has 84 valence electrons. The van der Waals surface area contributed by atoms with Crippen molar-refractivity contribution in [3.05, 3.63) is 59.0 Å². The van der Waals surface area contributed by atoms with Crippen molar-refractivity contribution in [2.75, 3.05) is 0 Å². The highest BCUT2D eigenvalue weighted by Crippen LogP contribution is 2.13. The number of benzene rings is 1. The Labute approximate surface area is 100 Å². The highest BCUT2D eigenvalue weighted by molar-refractivity contribution is 6.30. The van der Waals surface area contributed by atoms with E-state index in [1.54, 1.807) is 6.26 Å². The first kappa shape index (κ1) is 11.2. The first-order valence-corrected chi connectivity index (χ1v) is 5.64. The molecule has 0 aliphatic carbocycles. The molecule has 0 spiro atoms. The predicted molar refractivity (Wildman–Crippen MR) is 65.5 cm³/mol. The third kappa shape index (κ3) is 3.12. The average Bonchev–Trinajstić information content (AvgIpc) is 2.70. The van der Waals surface area contributed by atoms with E-state index in [9.17, 15) is 0 Å². The van der Waals surface area contributed by atoms with Crippen LogP contribution in [0.15, 0.2) is 47.1 Å². The maximum absolute atomic E-state index is 6.04. The van der Waals surface area contributed by atoms with Gasteiger partial charge in [0.2, 0.25) is 0 Å². The molecular weight excluding hydrogens is 222 g/mol. The van der Waals surface area contributed by atoms with Crippen LogP contribution in [-0.2, 0) is 12.8 Å². The maximum atomic E-state index is 6.04. The topological polar surface area (TPSA) is 39.2 Å². The molecule has 0 aliphatic heterocycles. The summed E-state index contributed by atoms with van der Waals surface area (Å²) in [6, 6.07) is 11.7. The monoisotopic (exact) mass is 235 g/mol. The first-order valence-electron chi connectivity index (χ1n) is 5.26. The summed E-state index contributed by atoms with van der Waals surface area (Å²) in [5, 5.41) is 0.752. The Morgan fingerprint density at radius 2 is 2.06 bits per heavy atom. The van der Waals surface area contributed by atoms with Gasteiger partial charge in [0.15, 0.2) is 0 Å². The van der Waals surface area contributed by atoms with Crippen molar-refractivity contribution in [2.24, 2.45) is 5.73 Å². The third-order valence-electron chi connectivity index (χ3n) is 2.43. The molecule has 3 heteroatoms. The molecule has 0 fully saturated rings. The standard InChI is InChI=1S/C13H14ClNO/c14-11-4-1-3-10(7-11)8-12(15)9-13-5-2-6-16-13/h1-7,12H,8-9,15H2. The molecule has 2 aromatic rings. The first-order chi connectivity index (χ1) is 7.74. The van der Waals surface area contributed by atoms with Crippen LogP contribution < -0.4 is 5.73 Å². The zero-order valence-electron chi connectivity index (χ0n) is 8.90. The lowest BCUT2D eigenvalue weighted by Crippen LogP contribution is -2.25. The Bertz CT molecular complexity index is 439. The van der Waals surface area contributed by atoms with Crippen LogP contribution in [0.25, 0.3) is 0 Å². The number of halogens is 1. The van der Waals surface area contributed by atoms with E-state index in [-0.39, 0.29) is 6.04 Å². The van der Waals surface area contributed by atoms with Gasteiger partial charge in [-0.1, -0.05) is 23.7 Å². The van der Waals surface area contributed by atoms with Crippen molar-refractivity contribution in [1.29, 1.82) is 0 Å². The van der Waals surface area contributed by atoms with E-state index in [2.05, 4.69) is 0 Å². The zero-order chi connectivity index (χ0) is 11.4. The zero-order valence-corrected chi connectivity index (χ0v) is 9.65. The van der Waals surface area contributed by atoms with Crippen LogP contribution >= 0.6 is 11.6 Å². The lowest BCUT2D eigenvalue weighted by molar-refractivity contribution is 0.483. The summed E-state index contributed by atoms with van der Waals surface area (Å²) in [7, 11) is 0. The van der Waals surface area contributed by atoms with E-state index >= 15 is 0 Å². The van der Waals surface area contributed by atoms with E-state index in [0.717, 1.165) is 29.2 Å². The van der Waals surface area contributed by atoms with E-state index in [1.165, 1.54) is 0 Å². The van der Waals surface area contributed by atoms with Gasteiger partial charge >= 0.3 is 0 Å². The predicted octanol–water partition coefficient (Wildman–Crippen LogP) is 3.05. The Hall–Kier alpha value is -1.25. The molecule has 1 aromatic heterocycles. The summed E-state index contributed by atoms with van der Waals surface area (Å²) in [5.41, 5.74) is 7.20. The molecule has 2 rings (SSSR count). The Morgan fingerprint density at radius 3 is 2.75 bits per heavy atom. The maximum Gasteiger partial charge on any atom is 0.105 e. The molecule has 0 aliphatic rings. The van der Waals surface area contributed by atoms with Gasteiger partial charge in [-0.25, -0.2) is 0 Å². The summed E-state index contributed by atoms with van der Waals surface area (Å²) < 4.78 is 5.26. The molecule has 16 heavy (non-hydrogen) atoms. The van der Waals surface area contributed by atoms with E-state index in [1.807, 2.05) is 36.4 Å². The molecule has 1 unspecified atom stereocenters. The van der Waals surface area contributed by atoms with Gasteiger partial charge in [-0.2, -0.15) is 0 Å². The second-order valence-electron chi connectivity index (χ2n) is 3.88. The van der Waals surface area contributed by atoms with Crippen molar-refractivity contribution in [3.8, 4) is 0 Å². The lowest BCUT2D eigenvalue weighted by atomic mass is 10.0. The van der Waals surface area contributed by atoms with Gasteiger partial charge < -0.3 is 10.2 Å². The fourth-order valence-electron chi connectivity index (χ4n) is 1.73. The molecular formula is C13H14ClNO. The minimum atomic E-state index is 0.0598. The van der Waals surface area contributed by atoms with Crippen molar-refractivity contribution >= 4 is 11.6 Å². The van der Waals surface area contributed by atoms with Gasteiger partial charge in [-0.15, -0.1) is 0 Å². The normalized spacial score (nSPS) is 12.6. The smallest absolute Gasteiger partial charge is 0.105 e. The Morgan fingerprint density at radius 1 is 1.19 bits per heavy atom. The van der Waals surface area contributed by atoms with Gasteiger partial charge in [-0.3, -0.25) is 0 Å². The second kappa shape index (κ2) is 5.19. The number of nitrogens with two attached hydrogens (primary N) is 1.